The molecule has 0 radical (unpaired) electrons. The second kappa shape index (κ2) is 4.51. The van der Waals surface area contributed by atoms with E-state index < -0.39 is 17.9 Å². The van der Waals surface area contributed by atoms with Crippen LogP contribution >= 0.6 is 0 Å². The monoisotopic (exact) mass is 259 g/mol. The van der Waals surface area contributed by atoms with E-state index in [1.807, 2.05) is 0 Å². The van der Waals surface area contributed by atoms with E-state index in [4.69, 9.17) is 0 Å². The molecule has 0 aliphatic carbocycles. The van der Waals surface area contributed by atoms with Crippen molar-refractivity contribution in [3.05, 3.63) is 23.8 Å². The van der Waals surface area contributed by atoms with Crippen molar-refractivity contribution >= 4 is 11.5 Å². The Hall–Kier alpha value is -1.72. The normalized spacial score (nSPS) is 19.6. The SMILES string of the molecule is O=C(C1CCc2c(O)cccc2NC1)C(F)(F)F. The van der Waals surface area contributed by atoms with Gasteiger partial charge in [-0.25, -0.2) is 0 Å². The van der Waals surface area contributed by atoms with Crippen LogP contribution in [0.25, 0.3) is 0 Å². The molecule has 1 aliphatic rings. The van der Waals surface area contributed by atoms with Crippen LogP contribution in [-0.4, -0.2) is 23.6 Å². The number of carbonyl (C=O) groups is 1. The first-order valence-electron chi connectivity index (χ1n) is 5.55. The summed E-state index contributed by atoms with van der Waals surface area (Å²) in [5.41, 5.74) is 1.16. The van der Waals surface area contributed by atoms with E-state index in [1.165, 1.54) is 6.07 Å². The van der Waals surface area contributed by atoms with E-state index in [0.717, 1.165) is 0 Å². The summed E-state index contributed by atoms with van der Waals surface area (Å²) in [5, 5.41) is 12.4. The maximum Gasteiger partial charge on any atom is 0.450 e. The first-order chi connectivity index (χ1) is 8.39. The summed E-state index contributed by atoms with van der Waals surface area (Å²) in [5.74, 6) is -2.76. The lowest BCUT2D eigenvalue weighted by atomic mass is 9.96. The van der Waals surface area contributed by atoms with Crippen molar-refractivity contribution in [2.75, 3.05) is 11.9 Å². The summed E-state index contributed by atoms with van der Waals surface area (Å²) in [7, 11) is 0. The minimum atomic E-state index is -4.80. The Bertz CT molecular complexity index is 471. The van der Waals surface area contributed by atoms with Crippen molar-refractivity contribution < 1.29 is 23.1 Å². The molecule has 0 saturated heterocycles. The molecule has 0 fully saturated rings. The molecule has 18 heavy (non-hydrogen) atoms. The van der Waals surface area contributed by atoms with Crippen molar-refractivity contribution in [3.63, 3.8) is 0 Å². The number of carbonyl (C=O) groups excluding carboxylic acids is 1. The number of phenolic OH excluding ortho intramolecular Hbond substituents is 1. The molecule has 1 aromatic rings. The number of alkyl halides is 3. The molecule has 1 heterocycles. The average Bonchev–Trinajstić information content (AvgIpc) is 2.50. The Kier molecular flexibility index (Phi) is 3.19. The van der Waals surface area contributed by atoms with Crippen molar-refractivity contribution in [2.45, 2.75) is 19.0 Å². The fourth-order valence-electron chi connectivity index (χ4n) is 2.11. The van der Waals surface area contributed by atoms with E-state index in [1.54, 1.807) is 12.1 Å². The molecule has 0 spiro atoms. The number of fused-ring (bicyclic) bond motifs is 1. The van der Waals surface area contributed by atoms with Gasteiger partial charge in [0.15, 0.2) is 0 Å². The van der Waals surface area contributed by atoms with Crippen LogP contribution in [0.4, 0.5) is 18.9 Å². The Morgan fingerprint density at radius 2 is 2.11 bits per heavy atom. The van der Waals surface area contributed by atoms with Crippen molar-refractivity contribution in [1.29, 1.82) is 0 Å². The molecule has 1 aliphatic heterocycles. The highest BCUT2D eigenvalue weighted by atomic mass is 19.4. The topological polar surface area (TPSA) is 49.3 Å². The summed E-state index contributed by atoms with van der Waals surface area (Å²) in [4.78, 5) is 11.2. The van der Waals surface area contributed by atoms with Gasteiger partial charge in [-0.3, -0.25) is 4.79 Å². The highest BCUT2D eigenvalue weighted by Gasteiger charge is 2.43. The van der Waals surface area contributed by atoms with Crippen molar-refractivity contribution in [1.82, 2.24) is 0 Å². The third-order valence-electron chi connectivity index (χ3n) is 3.08. The zero-order chi connectivity index (χ0) is 13.3. The van der Waals surface area contributed by atoms with Crippen LogP contribution in [0, 0.1) is 5.92 Å². The minimum Gasteiger partial charge on any atom is -0.508 e. The number of anilines is 1. The zero-order valence-corrected chi connectivity index (χ0v) is 9.42. The Balaban J connectivity index is 2.18. The third-order valence-corrected chi connectivity index (χ3v) is 3.08. The quantitative estimate of drug-likeness (QED) is 0.814. The van der Waals surface area contributed by atoms with Crippen LogP contribution in [0.5, 0.6) is 5.75 Å². The number of hydrogen-bond donors (Lipinski definition) is 2. The molecule has 3 nitrogen and oxygen atoms in total. The number of ketones is 1. The Morgan fingerprint density at radius 3 is 2.78 bits per heavy atom. The third kappa shape index (κ3) is 2.42. The number of halogens is 3. The van der Waals surface area contributed by atoms with E-state index >= 15 is 0 Å². The van der Waals surface area contributed by atoms with E-state index in [-0.39, 0.29) is 25.1 Å². The molecule has 0 bridgehead atoms. The molecule has 1 atom stereocenters. The molecule has 0 saturated carbocycles. The van der Waals surface area contributed by atoms with Crippen LogP contribution in [0.2, 0.25) is 0 Å². The lowest BCUT2D eigenvalue weighted by Gasteiger charge is -2.15. The first kappa shape index (κ1) is 12.7. The second-order valence-corrected chi connectivity index (χ2v) is 4.28. The first-order valence-corrected chi connectivity index (χ1v) is 5.55. The van der Waals surface area contributed by atoms with Gasteiger partial charge < -0.3 is 10.4 Å². The van der Waals surface area contributed by atoms with Gasteiger partial charge in [-0.05, 0) is 25.0 Å². The van der Waals surface area contributed by atoms with Crippen molar-refractivity contribution in [3.8, 4) is 5.75 Å². The van der Waals surface area contributed by atoms with Gasteiger partial charge in [0.1, 0.15) is 5.75 Å². The molecule has 6 heteroatoms. The maximum absolute atomic E-state index is 12.3. The maximum atomic E-state index is 12.3. The fourth-order valence-corrected chi connectivity index (χ4v) is 2.11. The van der Waals surface area contributed by atoms with Gasteiger partial charge in [0.2, 0.25) is 5.78 Å². The Morgan fingerprint density at radius 1 is 1.39 bits per heavy atom. The molecule has 2 rings (SSSR count). The van der Waals surface area contributed by atoms with Crippen LogP contribution in [0.15, 0.2) is 18.2 Å². The Labute approximate surface area is 102 Å². The number of aromatic hydroxyl groups is 1. The predicted octanol–water partition coefficient (Wildman–Crippen LogP) is 2.50. The summed E-state index contributed by atoms with van der Waals surface area (Å²) in [6, 6.07) is 4.76. The predicted molar refractivity (Wildman–Crippen MR) is 59.5 cm³/mol. The summed E-state index contributed by atoms with van der Waals surface area (Å²) >= 11 is 0. The number of phenols is 1. The molecular formula is C12H12F3NO2. The molecule has 0 aromatic heterocycles. The van der Waals surface area contributed by atoms with E-state index in [2.05, 4.69) is 5.32 Å². The van der Waals surface area contributed by atoms with Gasteiger partial charge in [0.05, 0.1) is 0 Å². The number of rotatable bonds is 1. The summed E-state index contributed by atoms with van der Waals surface area (Å²) < 4.78 is 37.0. The number of Topliss-reactive ketones (excluding diaryl/α,β-unsaturated/α-hetero) is 1. The van der Waals surface area contributed by atoms with Gasteiger partial charge in [0.25, 0.3) is 0 Å². The van der Waals surface area contributed by atoms with Gasteiger partial charge in [-0.15, -0.1) is 0 Å². The molecule has 1 aromatic carbocycles. The fraction of sp³-hybridized carbons (Fsp3) is 0.417. The molecular weight excluding hydrogens is 247 g/mol. The number of hydrogen-bond acceptors (Lipinski definition) is 3. The largest absolute Gasteiger partial charge is 0.508 e. The van der Waals surface area contributed by atoms with Gasteiger partial charge >= 0.3 is 6.18 Å². The molecule has 1 unspecified atom stereocenters. The lowest BCUT2D eigenvalue weighted by molar-refractivity contribution is -0.175. The van der Waals surface area contributed by atoms with Gasteiger partial charge in [-0.2, -0.15) is 13.2 Å². The smallest absolute Gasteiger partial charge is 0.450 e. The van der Waals surface area contributed by atoms with Crippen LogP contribution < -0.4 is 5.32 Å². The lowest BCUT2D eigenvalue weighted by Crippen LogP contribution is -2.34. The van der Waals surface area contributed by atoms with E-state index in [9.17, 15) is 23.1 Å². The highest BCUT2D eigenvalue weighted by molar-refractivity contribution is 5.87. The van der Waals surface area contributed by atoms with Crippen LogP contribution in [-0.2, 0) is 11.2 Å². The van der Waals surface area contributed by atoms with Gasteiger partial charge in [-0.1, -0.05) is 6.07 Å². The zero-order valence-electron chi connectivity index (χ0n) is 9.42. The number of benzene rings is 1. The summed E-state index contributed by atoms with van der Waals surface area (Å²) in [6.45, 7) is -0.0607. The molecule has 0 amide bonds. The minimum absolute atomic E-state index is 0.0418. The standard InChI is InChI=1S/C12H12F3NO2/c13-12(14,15)11(18)7-4-5-8-9(16-6-7)2-1-3-10(8)17/h1-3,7,16-17H,4-6H2. The highest BCUT2D eigenvalue weighted by Crippen LogP contribution is 2.32. The average molecular weight is 259 g/mol. The molecule has 2 N–H and O–H groups in total. The molecule has 98 valence electrons. The van der Waals surface area contributed by atoms with Gasteiger partial charge in [0, 0.05) is 23.7 Å². The summed E-state index contributed by atoms with van der Waals surface area (Å²) in [6.07, 6.45) is -4.47. The van der Waals surface area contributed by atoms with Crippen LogP contribution in [0.1, 0.15) is 12.0 Å². The van der Waals surface area contributed by atoms with E-state index in [0.29, 0.717) is 11.3 Å². The van der Waals surface area contributed by atoms with Crippen LogP contribution in [0.3, 0.4) is 0 Å². The second-order valence-electron chi connectivity index (χ2n) is 4.28. The number of nitrogens with one attached hydrogen (secondary N) is 1. The van der Waals surface area contributed by atoms with Crippen molar-refractivity contribution in [2.24, 2.45) is 5.92 Å².